The fourth-order valence-corrected chi connectivity index (χ4v) is 2.44. The van der Waals surface area contributed by atoms with Crippen molar-refractivity contribution in [2.24, 2.45) is 0 Å². The van der Waals surface area contributed by atoms with Gasteiger partial charge in [0.25, 0.3) is 0 Å². The van der Waals surface area contributed by atoms with Crippen molar-refractivity contribution in [1.82, 2.24) is 14.9 Å². The Morgan fingerprint density at radius 1 is 1.29 bits per heavy atom. The van der Waals surface area contributed by atoms with E-state index < -0.39 is 0 Å². The number of carbonyl (C=O) groups is 1. The number of nitrogens with zero attached hydrogens (tertiary/aromatic N) is 2. The summed E-state index contributed by atoms with van der Waals surface area (Å²) in [6.07, 6.45) is 4.40. The van der Waals surface area contributed by atoms with Gasteiger partial charge in [-0.2, -0.15) is 0 Å². The van der Waals surface area contributed by atoms with Crippen LogP contribution in [-0.4, -0.2) is 22.0 Å². The van der Waals surface area contributed by atoms with Gasteiger partial charge >= 0.3 is 0 Å². The molecule has 0 aliphatic heterocycles. The number of hydrogen-bond donors (Lipinski definition) is 1. The molecule has 2 rings (SSSR count). The number of imidazole rings is 1. The molecule has 21 heavy (non-hydrogen) atoms. The molecule has 0 saturated heterocycles. The lowest BCUT2D eigenvalue weighted by atomic mass is 10.2. The number of fused-ring (bicyclic) bond motifs is 1. The van der Waals surface area contributed by atoms with Crippen LogP contribution in [0.4, 0.5) is 0 Å². The van der Waals surface area contributed by atoms with Crippen LogP contribution in [0.3, 0.4) is 0 Å². The molecule has 0 aliphatic carbocycles. The molecule has 5 heteroatoms. The van der Waals surface area contributed by atoms with E-state index in [0.717, 1.165) is 24.3 Å². The Kier molecular flexibility index (Phi) is 7.23. The molecule has 2 aromatic rings. The molecule has 0 spiro atoms. The molecule has 116 valence electrons. The summed E-state index contributed by atoms with van der Waals surface area (Å²) in [5, 5.41) is 2.84. The van der Waals surface area contributed by atoms with Crippen molar-refractivity contribution in [3.63, 3.8) is 0 Å². The van der Waals surface area contributed by atoms with E-state index in [1.165, 1.54) is 24.8 Å². The maximum Gasteiger partial charge on any atom is 0.216 e. The average molecular weight is 310 g/mol. The maximum absolute atomic E-state index is 11.0. The second kappa shape index (κ2) is 8.67. The number of nitrogens with one attached hydrogen (secondary N) is 1. The van der Waals surface area contributed by atoms with Gasteiger partial charge in [-0.15, -0.1) is 12.4 Å². The Morgan fingerprint density at radius 2 is 2.05 bits per heavy atom. The first-order chi connectivity index (χ1) is 9.72. The van der Waals surface area contributed by atoms with Crippen LogP contribution in [0, 0.1) is 0 Å². The van der Waals surface area contributed by atoms with Gasteiger partial charge in [0.15, 0.2) is 0 Å². The van der Waals surface area contributed by atoms with E-state index >= 15 is 0 Å². The van der Waals surface area contributed by atoms with Gasteiger partial charge in [0.2, 0.25) is 5.91 Å². The molecule has 1 aromatic carbocycles. The van der Waals surface area contributed by atoms with Gasteiger partial charge in [-0.3, -0.25) is 4.79 Å². The van der Waals surface area contributed by atoms with E-state index in [9.17, 15) is 4.79 Å². The van der Waals surface area contributed by atoms with Crippen LogP contribution in [0.5, 0.6) is 0 Å². The van der Waals surface area contributed by atoms with E-state index in [-0.39, 0.29) is 18.3 Å². The van der Waals surface area contributed by atoms with Crippen molar-refractivity contribution in [2.45, 2.75) is 46.1 Å². The summed E-state index contributed by atoms with van der Waals surface area (Å²) in [7, 11) is 0. The van der Waals surface area contributed by atoms with Crippen molar-refractivity contribution < 1.29 is 4.79 Å². The first kappa shape index (κ1) is 17.5. The molecule has 0 radical (unpaired) electrons. The maximum atomic E-state index is 11.0. The highest BCUT2D eigenvalue weighted by Crippen LogP contribution is 2.17. The third kappa shape index (κ3) is 4.74. The molecule has 4 nitrogen and oxygen atoms in total. The second-order valence-electron chi connectivity index (χ2n) is 5.11. The quantitative estimate of drug-likeness (QED) is 0.797. The molecular formula is C16H24ClN3O. The number of unbranched alkanes of at least 4 members (excludes halogenated alkanes) is 2. The minimum Gasteiger partial charge on any atom is -0.356 e. The molecule has 0 fully saturated rings. The molecule has 0 bridgehead atoms. The fraction of sp³-hybridized carbons (Fsp3) is 0.500. The average Bonchev–Trinajstić information content (AvgIpc) is 2.77. The molecule has 1 N–H and O–H groups in total. The topological polar surface area (TPSA) is 46.9 Å². The molecule has 0 aliphatic rings. The minimum atomic E-state index is 0. The number of benzene rings is 1. The zero-order valence-electron chi connectivity index (χ0n) is 12.8. The molecule has 0 unspecified atom stereocenters. The van der Waals surface area contributed by atoms with Gasteiger partial charge in [0.1, 0.15) is 5.82 Å². The smallest absolute Gasteiger partial charge is 0.216 e. The van der Waals surface area contributed by atoms with E-state index in [4.69, 9.17) is 4.98 Å². The van der Waals surface area contributed by atoms with Crippen molar-refractivity contribution >= 4 is 29.3 Å². The van der Waals surface area contributed by atoms with Crippen LogP contribution in [0.2, 0.25) is 0 Å². The Hall–Kier alpha value is -1.55. The third-order valence-corrected chi connectivity index (χ3v) is 3.44. The van der Waals surface area contributed by atoms with Crippen molar-refractivity contribution in [3.8, 4) is 0 Å². The highest BCUT2D eigenvalue weighted by Gasteiger charge is 2.09. The molecule has 1 amide bonds. The number of aryl methyl sites for hydroxylation is 1. The third-order valence-electron chi connectivity index (χ3n) is 3.44. The van der Waals surface area contributed by atoms with Crippen molar-refractivity contribution in [2.75, 3.05) is 6.54 Å². The number of amides is 1. The normalized spacial score (nSPS) is 10.4. The zero-order valence-corrected chi connectivity index (χ0v) is 13.6. The van der Waals surface area contributed by atoms with E-state index in [1.807, 2.05) is 12.1 Å². The van der Waals surface area contributed by atoms with E-state index in [2.05, 4.69) is 28.9 Å². The molecular weight excluding hydrogens is 286 g/mol. The SMILES string of the molecule is CCCCCn1c(CCNC(C)=O)nc2ccccc21.Cl. The lowest BCUT2D eigenvalue weighted by Crippen LogP contribution is -2.23. The van der Waals surface area contributed by atoms with Crippen LogP contribution in [0.1, 0.15) is 38.9 Å². The molecule has 1 heterocycles. The summed E-state index contributed by atoms with van der Waals surface area (Å²) in [5.74, 6) is 1.08. The first-order valence-corrected chi connectivity index (χ1v) is 7.41. The Balaban J connectivity index is 0.00000220. The van der Waals surface area contributed by atoms with Gasteiger partial charge < -0.3 is 9.88 Å². The highest BCUT2D eigenvalue weighted by molar-refractivity contribution is 5.85. The summed E-state index contributed by atoms with van der Waals surface area (Å²) in [6, 6.07) is 8.24. The summed E-state index contributed by atoms with van der Waals surface area (Å²) in [4.78, 5) is 15.7. The monoisotopic (exact) mass is 309 g/mol. The van der Waals surface area contributed by atoms with Crippen molar-refractivity contribution in [1.29, 1.82) is 0 Å². The number of halogens is 1. The molecule has 0 saturated carbocycles. The molecule has 0 atom stereocenters. The van der Waals surface area contributed by atoms with Gasteiger partial charge in [-0.25, -0.2) is 4.98 Å². The van der Waals surface area contributed by atoms with Crippen LogP contribution in [-0.2, 0) is 17.8 Å². The standard InChI is InChI=1S/C16H23N3O.ClH/c1-3-4-7-12-19-15-9-6-5-8-14(15)18-16(19)10-11-17-13(2)20;/h5-6,8-9H,3-4,7,10-12H2,1-2H3,(H,17,20);1H. The number of hydrogen-bond acceptors (Lipinski definition) is 2. The Morgan fingerprint density at radius 3 is 2.76 bits per heavy atom. The van der Waals surface area contributed by atoms with Crippen LogP contribution in [0.15, 0.2) is 24.3 Å². The summed E-state index contributed by atoms with van der Waals surface area (Å²) >= 11 is 0. The summed E-state index contributed by atoms with van der Waals surface area (Å²) in [5.41, 5.74) is 2.24. The van der Waals surface area contributed by atoms with Gasteiger partial charge in [0.05, 0.1) is 11.0 Å². The Labute approximate surface area is 132 Å². The summed E-state index contributed by atoms with van der Waals surface area (Å²) < 4.78 is 2.30. The summed E-state index contributed by atoms with van der Waals surface area (Å²) in [6.45, 7) is 5.41. The number of rotatable bonds is 7. The fourth-order valence-electron chi connectivity index (χ4n) is 2.44. The predicted octanol–water partition coefficient (Wildman–Crippen LogP) is 3.33. The van der Waals surface area contributed by atoms with E-state index in [0.29, 0.717) is 6.54 Å². The lowest BCUT2D eigenvalue weighted by Gasteiger charge is -2.09. The first-order valence-electron chi connectivity index (χ1n) is 7.41. The zero-order chi connectivity index (χ0) is 14.4. The molecule has 1 aromatic heterocycles. The number of aromatic nitrogens is 2. The van der Waals surface area contributed by atoms with Gasteiger partial charge in [-0.1, -0.05) is 31.9 Å². The minimum absolute atomic E-state index is 0. The van der Waals surface area contributed by atoms with Crippen molar-refractivity contribution in [3.05, 3.63) is 30.1 Å². The largest absolute Gasteiger partial charge is 0.356 e. The van der Waals surface area contributed by atoms with Crippen LogP contribution < -0.4 is 5.32 Å². The second-order valence-corrected chi connectivity index (χ2v) is 5.11. The Bertz CT molecular complexity index is 580. The van der Waals surface area contributed by atoms with Crippen LogP contribution >= 0.6 is 12.4 Å². The van der Waals surface area contributed by atoms with Gasteiger partial charge in [0, 0.05) is 26.4 Å². The van der Waals surface area contributed by atoms with Crippen LogP contribution in [0.25, 0.3) is 11.0 Å². The lowest BCUT2D eigenvalue weighted by molar-refractivity contribution is -0.118. The highest BCUT2D eigenvalue weighted by atomic mass is 35.5. The van der Waals surface area contributed by atoms with Gasteiger partial charge in [-0.05, 0) is 18.6 Å². The number of para-hydroxylation sites is 2. The number of carbonyl (C=O) groups excluding carboxylic acids is 1. The van der Waals surface area contributed by atoms with E-state index in [1.54, 1.807) is 6.92 Å². The predicted molar refractivity (Wildman–Crippen MR) is 88.9 cm³/mol.